The summed E-state index contributed by atoms with van der Waals surface area (Å²) in [4.78, 5) is 18.3. The number of halogens is 1. The monoisotopic (exact) mass is 344 g/mol. The zero-order valence-corrected chi connectivity index (χ0v) is 14.2. The number of fused-ring (bicyclic) bond motifs is 1. The Morgan fingerprint density at radius 1 is 1.25 bits per heavy atom. The Hall–Kier alpha value is -2.37. The summed E-state index contributed by atoms with van der Waals surface area (Å²) < 4.78 is 10.7. The number of ether oxygens (including phenoxy) is 1. The average Bonchev–Trinajstić information content (AvgIpc) is 2.98. The first-order chi connectivity index (χ1) is 11.6. The van der Waals surface area contributed by atoms with Gasteiger partial charge in [-0.1, -0.05) is 30.7 Å². The van der Waals surface area contributed by atoms with Crippen LogP contribution in [0.2, 0.25) is 5.02 Å². The van der Waals surface area contributed by atoms with E-state index in [4.69, 9.17) is 20.8 Å². The van der Waals surface area contributed by atoms with Crippen molar-refractivity contribution in [3.05, 3.63) is 53.1 Å². The maximum absolute atomic E-state index is 12.5. The van der Waals surface area contributed by atoms with Crippen LogP contribution in [0.1, 0.15) is 12.5 Å². The minimum atomic E-state index is -0.264. The second-order valence-corrected chi connectivity index (χ2v) is 5.73. The van der Waals surface area contributed by atoms with Gasteiger partial charge in [0.2, 0.25) is 0 Å². The molecule has 3 rings (SSSR count). The van der Waals surface area contributed by atoms with Crippen LogP contribution in [0.25, 0.3) is 11.1 Å². The summed E-state index contributed by atoms with van der Waals surface area (Å²) in [6, 6.07) is 13.0. The van der Waals surface area contributed by atoms with Crippen molar-refractivity contribution in [3.8, 4) is 0 Å². The van der Waals surface area contributed by atoms with E-state index in [1.54, 1.807) is 18.2 Å². The normalized spacial score (nSPS) is 11.0. The number of hydrogen-bond acceptors (Lipinski definition) is 4. The number of nitrogens with zero attached hydrogens (tertiary/aromatic N) is 2. The van der Waals surface area contributed by atoms with Crippen molar-refractivity contribution in [1.29, 1.82) is 0 Å². The second kappa shape index (κ2) is 7.03. The number of benzene rings is 2. The van der Waals surface area contributed by atoms with E-state index in [0.717, 1.165) is 6.42 Å². The molecule has 0 fully saturated rings. The molecular formula is C18H17ClN2O3. The van der Waals surface area contributed by atoms with Crippen LogP contribution in [0.15, 0.2) is 46.9 Å². The van der Waals surface area contributed by atoms with E-state index in [0.29, 0.717) is 21.8 Å². The van der Waals surface area contributed by atoms with Gasteiger partial charge < -0.3 is 9.15 Å². The van der Waals surface area contributed by atoms with Gasteiger partial charge >= 0.3 is 6.01 Å². The van der Waals surface area contributed by atoms with E-state index in [-0.39, 0.29) is 18.5 Å². The molecule has 0 N–H and O–H groups in total. The smallest absolute Gasteiger partial charge is 0.310 e. The number of aromatic nitrogens is 1. The van der Waals surface area contributed by atoms with Gasteiger partial charge in [0.1, 0.15) is 12.1 Å². The number of methoxy groups -OCH3 is 1. The van der Waals surface area contributed by atoms with Gasteiger partial charge in [-0.3, -0.25) is 4.79 Å². The summed E-state index contributed by atoms with van der Waals surface area (Å²) >= 11 is 5.99. The van der Waals surface area contributed by atoms with Crippen LogP contribution in [0.4, 0.5) is 11.7 Å². The maximum Gasteiger partial charge on any atom is 0.310 e. The summed E-state index contributed by atoms with van der Waals surface area (Å²) in [6.07, 6.45) is 0.924. The van der Waals surface area contributed by atoms with Gasteiger partial charge in [0.25, 0.3) is 5.91 Å². The second-order valence-electron chi connectivity index (χ2n) is 5.29. The summed E-state index contributed by atoms with van der Waals surface area (Å²) in [5, 5.41) is 0.560. The molecule has 0 radical (unpaired) electrons. The molecule has 0 spiro atoms. The lowest BCUT2D eigenvalue weighted by atomic mass is 10.1. The van der Waals surface area contributed by atoms with Crippen LogP contribution < -0.4 is 4.90 Å². The van der Waals surface area contributed by atoms with Crippen LogP contribution >= 0.6 is 11.6 Å². The number of amides is 1. The minimum Gasteiger partial charge on any atom is -0.423 e. The van der Waals surface area contributed by atoms with Crippen molar-refractivity contribution in [1.82, 2.24) is 4.98 Å². The number of aryl methyl sites for hydroxylation is 1. The molecule has 1 aromatic heterocycles. The Balaban J connectivity index is 2.06. The van der Waals surface area contributed by atoms with Crippen molar-refractivity contribution in [2.24, 2.45) is 0 Å². The molecule has 1 amide bonds. The van der Waals surface area contributed by atoms with Gasteiger partial charge in [0.05, 0.1) is 5.69 Å². The molecule has 0 saturated carbocycles. The largest absolute Gasteiger partial charge is 0.423 e. The summed E-state index contributed by atoms with van der Waals surface area (Å²) in [5.41, 5.74) is 3.02. The quantitative estimate of drug-likeness (QED) is 0.690. The Bertz CT molecular complexity index is 858. The summed E-state index contributed by atoms with van der Waals surface area (Å²) in [7, 11) is 1.47. The zero-order chi connectivity index (χ0) is 17.1. The van der Waals surface area contributed by atoms with E-state index in [1.165, 1.54) is 17.6 Å². The molecule has 124 valence electrons. The number of carbonyl (C=O) groups is 1. The summed E-state index contributed by atoms with van der Waals surface area (Å²) in [5.74, 6) is -0.264. The van der Waals surface area contributed by atoms with E-state index < -0.39 is 0 Å². The standard InChI is InChI=1S/C18H17ClN2O3/c1-3-12-4-7-14(8-5-12)21(17(22)11-23-2)18-20-15-10-13(19)6-9-16(15)24-18/h4-10H,3,11H2,1-2H3. The van der Waals surface area contributed by atoms with Crippen LogP contribution in [-0.2, 0) is 16.0 Å². The average molecular weight is 345 g/mol. The fourth-order valence-corrected chi connectivity index (χ4v) is 2.58. The van der Waals surface area contributed by atoms with Crippen molar-refractivity contribution in [2.75, 3.05) is 18.6 Å². The number of hydrogen-bond donors (Lipinski definition) is 0. The Kier molecular flexibility index (Phi) is 4.83. The van der Waals surface area contributed by atoms with Gasteiger partial charge in [0.15, 0.2) is 5.58 Å². The molecule has 0 unspecified atom stereocenters. The molecule has 1 heterocycles. The molecule has 0 atom stereocenters. The molecule has 0 bridgehead atoms. The van der Waals surface area contributed by atoms with Gasteiger partial charge in [-0.2, -0.15) is 4.98 Å². The number of carbonyl (C=O) groups excluding carboxylic acids is 1. The van der Waals surface area contributed by atoms with E-state index >= 15 is 0 Å². The number of oxazole rings is 1. The number of rotatable bonds is 5. The van der Waals surface area contributed by atoms with Crippen LogP contribution in [-0.4, -0.2) is 24.6 Å². The summed E-state index contributed by atoms with van der Waals surface area (Å²) in [6.45, 7) is 2.00. The minimum absolute atomic E-state index is 0.0744. The van der Waals surface area contributed by atoms with Gasteiger partial charge in [-0.25, -0.2) is 4.90 Å². The van der Waals surface area contributed by atoms with Crippen molar-refractivity contribution in [3.63, 3.8) is 0 Å². The van der Waals surface area contributed by atoms with Crippen LogP contribution in [0, 0.1) is 0 Å². The molecule has 0 saturated heterocycles. The molecule has 5 nitrogen and oxygen atoms in total. The predicted molar refractivity (Wildman–Crippen MR) is 93.9 cm³/mol. The fourth-order valence-electron chi connectivity index (χ4n) is 2.41. The third kappa shape index (κ3) is 3.27. The van der Waals surface area contributed by atoms with Crippen molar-refractivity contribution < 1.29 is 13.9 Å². The van der Waals surface area contributed by atoms with Gasteiger partial charge in [-0.15, -0.1) is 0 Å². The van der Waals surface area contributed by atoms with Crippen molar-refractivity contribution in [2.45, 2.75) is 13.3 Å². The lowest BCUT2D eigenvalue weighted by molar-refractivity contribution is -0.121. The Morgan fingerprint density at radius 3 is 2.67 bits per heavy atom. The Labute approximate surface area is 144 Å². The third-order valence-corrected chi connectivity index (χ3v) is 3.88. The van der Waals surface area contributed by atoms with E-state index in [1.807, 2.05) is 24.3 Å². The highest BCUT2D eigenvalue weighted by molar-refractivity contribution is 6.31. The van der Waals surface area contributed by atoms with Crippen molar-refractivity contribution >= 4 is 40.3 Å². The molecule has 24 heavy (non-hydrogen) atoms. The lowest BCUT2D eigenvalue weighted by Gasteiger charge is -2.18. The molecule has 3 aromatic rings. The number of anilines is 2. The SMILES string of the molecule is CCc1ccc(N(C(=O)COC)c2nc3cc(Cl)ccc3o2)cc1. The first kappa shape index (κ1) is 16.5. The highest BCUT2D eigenvalue weighted by atomic mass is 35.5. The van der Waals surface area contributed by atoms with E-state index in [2.05, 4.69) is 11.9 Å². The molecule has 0 aliphatic heterocycles. The third-order valence-electron chi connectivity index (χ3n) is 3.65. The molecule has 6 heteroatoms. The lowest BCUT2D eigenvalue weighted by Crippen LogP contribution is -2.29. The van der Waals surface area contributed by atoms with Gasteiger partial charge in [0, 0.05) is 12.1 Å². The topological polar surface area (TPSA) is 55.6 Å². The van der Waals surface area contributed by atoms with Crippen LogP contribution in [0.5, 0.6) is 0 Å². The van der Waals surface area contributed by atoms with Crippen LogP contribution in [0.3, 0.4) is 0 Å². The van der Waals surface area contributed by atoms with Gasteiger partial charge in [-0.05, 0) is 42.3 Å². The first-order valence-electron chi connectivity index (χ1n) is 7.59. The predicted octanol–water partition coefficient (Wildman–Crippen LogP) is 4.35. The maximum atomic E-state index is 12.5. The Morgan fingerprint density at radius 2 is 2.00 bits per heavy atom. The fraction of sp³-hybridized carbons (Fsp3) is 0.222. The zero-order valence-electron chi connectivity index (χ0n) is 13.5. The first-order valence-corrected chi connectivity index (χ1v) is 7.97. The molecular weight excluding hydrogens is 328 g/mol. The van der Waals surface area contributed by atoms with E-state index in [9.17, 15) is 4.79 Å². The highest BCUT2D eigenvalue weighted by Gasteiger charge is 2.23. The molecule has 0 aliphatic carbocycles. The highest BCUT2D eigenvalue weighted by Crippen LogP contribution is 2.30. The molecule has 0 aliphatic rings. The molecule has 2 aromatic carbocycles.